The normalized spacial score (nSPS) is 13.9. The second-order valence-corrected chi connectivity index (χ2v) is 7.90. The molecule has 0 bridgehead atoms. The van der Waals surface area contributed by atoms with Crippen LogP contribution in [0.3, 0.4) is 0 Å². The van der Waals surface area contributed by atoms with Gasteiger partial charge in [0.2, 0.25) is 5.91 Å². The number of carbonyl (C=O) groups is 2. The van der Waals surface area contributed by atoms with Crippen molar-refractivity contribution in [3.8, 4) is 0 Å². The monoisotopic (exact) mass is 390 g/mol. The number of rotatable bonds is 3. The predicted molar refractivity (Wildman–Crippen MR) is 103 cm³/mol. The van der Waals surface area contributed by atoms with Crippen LogP contribution in [0, 0.1) is 0 Å². The highest BCUT2D eigenvalue weighted by Crippen LogP contribution is 2.25. The van der Waals surface area contributed by atoms with E-state index in [1.54, 1.807) is 11.0 Å². The molecule has 3 rings (SSSR count). The van der Waals surface area contributed by atoms with Crippen molar-refractivity contribution in [2.24, 2.45) is 0 Å². The number of halogens is 1. The molecule has 0 aliphatic carbocycles. The highest BCUT2D eigenvalue weighted by molar-refractivity contribution is 6.31. The summed E-state index contributed by atoms with van der Waals surface area (Å²) in [5, 5.41) is 10.5. The van der Waals surface area contributed by atoms with E-state index in [9.17, 15) is 9.59 Å². The van der Waals surface area contributed by atoms with Crippen LogP contribution in [0.4, 0.5) is 10.6 Å². The summed E-state index contributed by atoms with van der Waals surface area (Å²) >= 11 is 6.11. The lowest BCUT2D eigenvalue weighted by atomic mass is 10.1. The van der Waals surface area contributed by atoms with Crippen molar-refractivity contribution in [3.05, 3.63) is 46.1 Å². The molecule has 0 radical (unpaired) electrons. The van der Waals surface area contributed by atoms with Gasteiger partial charge in [-0.3, -0.25) is 9.89 Å². The number of anilines is 1. The summed E-state index contributed by atoms with van der Waals surface area (Å²) in [6, 6.07) is 7.24. The summed E-state index contributed by atoms with van der Waals surface area (Å²) in [5.41, 5.74) is 1.95. The van der Waals surface area contributed by atoms with E-state index < -0.39 is 5.60 Å². The fourth-order valence-corrected chi connectivity index (χ4v) is 3.10. The summed E-state index contributed by atoms with van der Waals surface area (Å²) in [6.45, 7) is 6.39. The Kier molecular flexibility index (Phi) is 5.41. The topological polar surface area (TPSA) is 87.3 Å². The Morgan fingerprint density at radius 2 is 2.07 bits per heavy atom. The number of fused-ring (bicyclic) bond motifs is 1. The van der Waals surface area contributed by atoms with Crippen molar-refractivity contribution in [2.75, 3.05) is 11.9 Å². The number of carbonyl (C=O) groups excluding carboxylic acids is 2. The average Bonchev–Trinajstić information content (AvgIpc) is 2.97. The van der Waals surface area contributed by atoms with E-state index in [0.29, 0.717) is 30.4 Å². The highest BCUT2D eigenvalue weighted by Gasteiger charge is 2.28. The van der Waals surface area contributed by atoms with E-state index in [4.69, 9.17) is 16.3 Å². The molecular formula is C19H23ClN4O3. The Labute approximate surface area is 163 Å². The van der Waals surface area contributed by atoms with Crippen molar-refractivity contribution in [2.45, 2.75) is 45.8 Å². The molecule has 2 N–H and O–H groups in total. The maximum atomic E-state index is 12.3. The number of benzene rings is 1. The number of hydrogen-bond donors (Lipinski definition) is 2. The molecule has 0 unspecified atom stereocenters. The standard InChI is InChI=1S/C19H23ClN4O3/c1-19(2,3)27-18(26)24-9-8-13-15(11-24)22-23-17(13)21-16(25)10-12-6-4-5-7-14(12)20/h4-7H,8-11H2,1-3H3,(H2,21,22,23,25). The Bertz CT molecular complexity index is 857. The number of ether oxygens (including phenoxy) is 1. The van der Waals surface area contributed by atoms with Gasteiger partial charge in [0.1, 0.15) is 5.60 Å². The molecule has 2 amide bonds. The predicted octanol–water partition coefficient (Wildman–Crippen LogP) is 3.54. The lowest BCUT2D eigenvalue weighted by Crippen LogP contribution is -2.40. The van der Waals surface area contributed by atoms with Gasteiger partial charge in [-0.2, -0.15) is 5.10 Å². The van der Waals surface area contributed by atoms with Crippen LogP contribution in [0.15, 0.2) is 24.3 Å². The van der Waals surface area contributed by atoms with Gasteiger partial charge in [-0.1, -0.05) is 29.8 Å². The smallest absolute Gasteiger partial charge is 0.410 e. The van der Waals surface area contributed by atoms with Crippen LogP contribution >= 0.6 is 11.6 Å². The van der Waals surface area contributed by atoms with Crippen LogP contribution < -0.4 is 5.32 Å². The quantitative estimate of drug-likeness (QED) is 0.839. The zero-order valence-electron chi connectivity index (χ0n) is 15.6. The second kappa shape index (κ2) is 7.60. The minimum atomic E-state index is -0.538. The zero-order valence-corrected chi connectivity index (χ0v) is 16.4. The van der Waals surface area contributed by atoms with Gasteiger partial charge in [0.25, 0.3) is 0 Å². The first-order valence-corrected chi connectivity index (χ1v) is 9.18. The van der Waals surface area contributed by atoms with Crippen molar-refractivity contribution >= 4 is 29.4 Å². The molecule has 0 atom stereocenters. The molecule has 0 fully saturated rings. The van der Waals surface area contributed by atoms with Gasteiger partial charge >= 0.3 is 6.09 Å². The minimum absolute atomic E-state index is 0.172. The van der Waals surface area contributed by atoms with Crippen LogP contribution in [0.2, 0.25) is 5.02 Å². The molecule has 1 aromatic carbocycles. The number of amides is 2. The van der Waals surface area contributed by atoms with E-state index in [-0.39, 0.29) is 18.4 Å². The number of nitrogens with one attached hydrogen (secondary N) is 2. The summed E-state index contributed by atoms with van der Waals surface area (Å²) in [4.78, 5) is 26.2. The first-order chi connectivity index (χ1) is 12.7. The van der Waals surface area contributed by atoms with Crippen molar-refractivity contribution in [3.63, 3.8) is 0 Å². The molecule has 0 spiro atoms. The fraction of sp³-hybridized carbons (Fsp3) is 0.421. The van der Waals surface area contributed by atoms with E-state index in [1.165, 1.54) is 0 Å². The van der Waals surface area contributed by atoms with Gasteiger partial charge in [0, 0.05) is 17.1 Å². The first kappa shape index (κ1) is 19.2. The van der Waals surface area contributed by atoms with Gasteiger partial charge in [-0.15, -0.1) is 0 Å². The van der Waals surface area contributed by atoms with Gasteiger partial charge in [-0.05, 0) is 38.8 Å². The number of aromatic amines is 1. The molecule has 2 aromatic rings. The summed E-state index contributed by atoms with van der Waals surface area (Å²) < 4.78 is 5.41. The molecule has 1 aromatic heterocycles. The molecule has 8 heteroatoms. The molecule has 1 aliphatic heterocycles. The lowest BCUT2D eigenvalue weighted by molar-refractivity contribution is -0.115. The third kappa shape index (κ3) is 4.80. The largest absolute Gasteiger partial charge is 0.444 e. The Hall–Kier alpha value is -2.54. The van der Waals surface area contributed by atoms with E-state index in [0.717, 1.165) is 16.8 Å². The molecule has 0 saturated heterocycles. The van der Waals surface area contributed by atoms with E-state index >= 15 is 0 Å². The molecule has 7 nitrogen and oxygen atoms in total. The van der Waals surface area contributed by atoms with Gasteiger partial charge in [-0.25, -0.2) is 4.79 Å². The van der Waals surface area contributed by atoms with Crippen LogP contribution in [0.1, 0.15) is 37.6 Å². The molecule has 2 heterocycles. The summed E-state index contributed by atoms with van der Waals surface area (Å²) in [5.74, 6) is 0.317. The van der Waals surface area contributed by atoms with Crippen molar-refractivity contribution in [1.29, 1.82) is 0 Å². The third-order valence-corrected chi connectivity index (χ3v) is 4.52. The van der Waals surface area contributed by atoms with Gasteiger partial charge < -0.3 is 15.0 Å². The lowest BCUT2D eigenvalue weighted by Gasteiger charge is -2.29. The van der Waals surface area contributed by atoms with Crippen molar-refractivity contribution < 1.29 is 14.3 Å². The molecule has 1 aliphatic rings. The third-order valence-electron chi connectivity index (χ3n) is 4.15. The van der Waals surface area contributed by atoms with Crippen molar-refractivity contribution in [1.82, 2.24) is 15.1 Å². The number of nitrogens with zero attached hydrogens (tertiary/aromatic N) is 2. The summed E-state index contributed by atoms with van der Waals surface area (Å²) in [6.07, 6.45) is 0.407. The first-order valence-electron chi connectivity index (χ1n) is 8.80. The van der Waals surface area contributed by atoms with Crippen LogP contribution in [0.25, 0.3) is 0 Å². The van der Waals surface area contributed by atoms with Gasteiger partial charge in [0.05, 0.1) is 18.7 Å². The number of hydrogen-bond acceptors (Lipinski definition) is 4. The van der Waals surface area contributed by atoms with Gasteiger partial charge in [0.15, 0.2) is 5.82 Å². The van der Waals surface area contributed by atoms with E-state index in [1.807, 2.05) is 39.0 Å². The number of H-pyrrole nitrogens is 1. The zero-order chi connectivity index (χ0) is 19.6. The number of aromatic nitrogens is 2. The van der Waals surface area contributed by atoms with E-state index in [2.05, 4.69) is 15.5 Å². The van der Waals surface area contributed by atoms with Crippen LogP contribution in [0.5, 0.6) is 0 Å². The molecule has 144 valence electrons. The maximum Gasteiger partial charge on any atom is 0.410 e. The molecule has 27 heavy (non-hydrogen) atoms. The maximum absolute atomic E-state index is 12.3. The van der Waals surface area contributed by atoms with Crippen LogP contribution in [-0.2, 0) is 28.9 Å². The molecule has 0 saturated carbocycles. The average molecular weight is 391 g/mol. The summed E-state index contributed by atoms with van der Waals surface area (Å²) in [7, 11) is 0. The highest BCUT2D eigenvalue weighted by atomic mass is 35.5. The Morgan fingerprint density at radius 3 is 2.78 bits per heavy atom. The Balaban J connectivity index is 1.64. The SMILES string of the molecule is CC(C)(C)OC(=O)N1CCc2c(NC(=O)Cc3ccccc3Cl)n[nH]c2C1. The fourth-order valence-electron chi connectivity index (χ4n) is 2.89. The Morgan fingerprint density at radius 1 is 1.33 bits per heavy atom. The second-order valence-electron chi connectivity index (χ2n) is 7.50. The minimum Gasteiger partial charge on any atom is -0.444 e. The molecular weight excluding hydrogens is 368 g/mol. The van der Waals surface area contributed by atoms with Crippen LogP contribution in [-0.4, -0.2) is 39.2 Å².